The first-order chi connectivity index (χ1) is 15.3. The third-order valence-corrected chi connectivity index (χ3v) is 5.07. The highest BCUT2D eigenvalue weighted by atomic mass is 32.1. The Balaban J connectivity index is 0.000000913. The molecule has 0 saturated heterocycles. The highest BCUT2D eigenvalue weighted by Gasteiger charge is 2.43. The highest BCUT2D eigenvalue weighted by Crippen LogP contribution is 2.41. The molecule has 1 aliphatic rings. The van der Waals surface area contributed by atoms with E-state index >= 15 is 0 Å². The lowest BCUT2D eigenvalue weighted by molar-refractivity contribution is -0.274. The summed E-state index contributed by atoms with van der Waals surface area (Å²) in [4.78, 5) is 29.6. The quantitative estimate of drug-likeness (QED) is 0.564. The molecule has 1 aliphatic heterocycles. The maximum absolute atomic E-state index is 12.8. The lowest BCUT2D eigenvalue weighted by Gasteiger charge is -2.38. The molecular formula is C20H16F3N3O5S. The molecule has 2 N–H and O–H groups in total. The molecule has 32 heavy (non-hydrogen) atoms. The van der Waals surface area contributed by atoms with Crippen LogP contribution in [-0.4, -0.2) is 40.4 Å². The number of thiazole rings is 1. The Hall–Kier alpha value is -3.67. The topological polar surface area (TPSA) is 111 Å². The molecule has 0 saturated carbocycles. The average Bonchev–Trinajstić information content (AvgIpc) is 3.29. The van der Waals surface area contributed by atoms with Crippen LogP contribution in [0.1, 0.15) is 28.2 Å². The molecule has 0 aliphatic carbocycles. The van der Waals surface area contributed by atoms with Gasteiger partial charge in [-0.1, -0.05) is 12.1 Å². The second kappa shape index (κ2) is 9.64. The molecule has 0 radical (unpaired) electrons. The normalized spacial score (nSPS) is 17.1. The molecule has 3 heterocycles. The van der Waals surface area contributed by atoms with Gasteiger partial charge in [0.05, 0.1) is 12.1 Å². The number of aromatic nitrogens is 2. The summed E-state index contributed by atoms with van der Waals surface area (Å²) in [5.41, 5.74) is 1.72. The molecule has 0 fully saturated rings. The van der Waals surface area contributed by atoms with E-state index in [1.807, 2.05) is 0 Å². The molecule has 0 spiro atoms. The molecule has 12 heteroatoms. The third kappa shape index (κ3) is 5.14. The molecule has 4 rings (SSSR count). The van der Waals surface area contributed by atoms with E-state index in [1.165, 1.54) is 35.6 Å². The molecule has 1 atom stereocenters. The number of alkyl halides is 3. The average molecular weight is 467 g/mol. The second-order valence-corrected chi connectivity index (χ2v) is 7.08. The van der Waals surface area contributed by atoms with E-state index in [1.54, 1.807) is 29.2 Å². The van der Waals surface area contributed by atoms with Gasteiger partial charge >= 0.3 is 6.36 Å². The van der Waals surface area contributed by atoms with E-state index in [2.05, 4.69) is 20.0 Å². The number of fused-ring (bicyclic) bond motifs is 1. The van der Waals surface area contributed by atoms with Crippen molar-refractivity contribution >= 4 is 23.7 Å². The summed E-state index contributed by atoms with van der Waals surface area (Å²) in [6.07, 6.45) is -2.88. The summed E-state index contributed by atoms with van der Waals surface area (Å²) in [6.45, 7) is 0.0385. The van der Waals surface area contributed by atoms with E-state index < -0.39 is 17.8 Å². The summed E-state index contributed by atoms with van der Waals surface area (Å²) in [6, 6.07) is 8.80. The minimum absolute atomic E-state index is 0.246. The summed E-state index contributed by atoms with van der Waals surface area (Å²) in [5.74, 6) is -0.274. The van der Waals surface area contributed by atoms with Crippen molar-refractivity contribution < 1.29 is 37.3 Å². The van der Waals surface area contributed by atoms with Crippen molar-refractivity contribution in [2.75, 3.05) is 6.61 Å². The molecule has 1 aromatic carbocycles. The van der Waals surface area contributed by atoms with Crippen LogP contribution in [0.5, 0.6) is 11.5 Å². The zero-order valence-corrected chi connectivity index (χ0v) is 17.0. The van der Waals surface area contributed by atoms with Crippen molar-refractivity contribution in [3.8, 4) is 11.5 Å². The number of benzene rings is 1. The molecule has 0 bridgehead atoms. The number of halogens is 3. The van der Waals surface area contributed by atoms with Crippen LogP contribution < -0.4 is 14.8 Å². The minimum Gasteiger partial charge on any atom is -0.491 e. The zero-order chi connectivity index (χ0) is 23.2. The predicted molar refractivity (Wildman–Crippen MR) is 107 cm³/mol. The van der Waals surface area contributed by atoms with Gasteiger partial charge in [-0.05, 0) is 29.8 Å². The first-order valence-electron chi connectivity index (χ1n) is 9.02. The van der Waals surface area contributed by atoms with E-state index in [4.69, 9.17) is 14.6 Å². The number of nitrogens with one attached hydrogen (secondary N) is 1. The number of nitrogens with zero attached hydrogens (tertiary/aromatic N) is 2. The zero-order valence-electron chi connectivity index (χ0n) is 16.2. The predicted octanol–water partition coefficient (Wildman–Crippen LogP) is 3.59. The lowest BCUT2D eigenvalue weighted by Crippen LogP contribution is -2.50. The molecule has 1 amide bonds. The summed E-state index contributed by atoms with van der Waals surface area (Å²) in [7, 11) is 0. The molecule has 8 nitrogen and oxygen atoms in total. The SMILES string of the molecule is O=C(NC1(c2ccc(OC(F)(F)F)cc2)CCOc2cccnc21)c1cscn1.O=CO. The van der Waals surface area contributed by atoms with Crippen LogP contribution >= 0.6 is 11.3 Å². The highest BCUT2D eigenvalue weighted by molar-refractivity contribution is 7.07. The molecule has 1 unspecified atom stereocenters. The maximum atomic E-state index is 12.8. The number of pyridine rings is 1. The van der Waals surface area contributed by atoms with Crippen LogP contribution in [0.3, 0.4) is 0 Å². The van der Waals surface area contributed by atoms with Gasteiger partial charge in [0.25, 0.3) is 12.4 Å². The fraction of sp³-hybridized carbons (Fsp3) is 0.200. The Bertz CT molecular complexity index is 1060. The van der Waals surface area contributed by atoms with E-state index in [-0.39, 0.29) is 24.5 Å². The third-order valence-electron chi connectivity index (χ3n) is 4.48. The fourth-order valence-electron chi connectivity index (χ4n) is 3.26. The number of rotatable bonds is 4. The van der Waals surface area contributed by atoms with Crippen molar-refractivity contribution in [3.63, 3.8) is 0 Å². The van der Waals surface area contributed by atoms with Crippen LogP contribution in [0.15, 0.2) is 53.5 Å². The fourth-order valence-corrected chi connectivity index (χ4v) is 3.79. The molecule has 2 aromatic heterocycles. The van der Waals surface area contributed by atoms with Gasteiger partial charge in [-0.15, -0.1) is 24.5 Å². The smallest absolute Gasteiger partial charge is 0.491 e. The van der Waals surface area contributed by atoms with Crippen molar-refractivity contribution in [1.29, 1.82) is 0 Å². The number of ether oxygens (including phenoxy) is 2. The van der Waals surface area contributed by atoms with Crippen LogP contribution in [0.25, 0.3) is 0 Å². The number of amides is 1. The van der Waals surface area contributed by atoms with Crippen molar-refractivity contribution in [2.45, 2.75) is 18.3 Å². The van der Waals surface area contributed by atoms with E-state index in [0.717, 1.165) is 0 Å². The molecule has 168 valence electrons. The first-order valence-corrected chi connectivity index (χ1v) is 9.96. The summed E-state index contributed by atoms with van der Waals surface area (Å²) >= 11 is 1.28. The van der Waals surface area contributed by atoms with Gasteiger partial charge in [-0.25, -0.2) is 4.98 Å². The van der Waals surface area contributed by atoms with Crippen molar-refractivity contribution in [2.24, 2.45) is 0 Å². The lowest BCUT2D eigenvalue weighted by atomic mass is 9.81. The Kier molecular flexibility index (Phi) is 6.93. The number of hydrogen-bond acceptors (Lipinski definition) is 7. The Morgan fingerprint density at radius 1 is 1.25 bits per heavy atom. The summed E-state index contributed by atoms with van der Waals surface area (Å²) in [5, 5.41) is 11.5. The monoisotopic (exact) mass is 467 g/mol. The van der Waals surface area contributed by atoms with Gasteiger partial charge in [0.2, 0.25) is 0 Å². The Labute approximate surface area is 183 Å². The van der Waals surface area contributed by atoms with Crippen LogP contribution in [0.2, 0.25) is 0 Å². The van der Waals surface area contributed by atoms with Crippen LogP contribution in [0, 0.1) is 0 Å². The standard InChI is InChI=1S/C19H14F3N3O3S.CH2O2/c20-19(21,22)28-13-5-3-12(4-6-13)18(25-17(26)14-10-29-11-24-14)7-9-27-15-2-1-8-23-16(15)18;2-1-3/h1-6,8,10-11H,7,9H2,(H,25,26);1H,(H,2,3). The van der Waals surface area contributed by atoms with E-state index in [0.29, 0.717) is 23.4 Å². The van der Waals surface area contributed by atoms with Gasteiger partial charge in [0.1, 0.15) is 28.4 Å². The van der Waals surface area contributed by atoms with Crippen LogP contribution in [0.4, 0.5) is 13.2 Å². The second-order valence-electron chi connectivity index (χ2n) is 6.36. The van der Waals surface area contributed by atoms with Gasteiger partial charge in [-0.2, -0.15) is 0 Å². The maximum Gasteiger partial charge on any atom is 0.573 e. The first kappa shape index (κ1) is 23.0. The van der Waals surface area contributed by atoms with E-state index in [9.17, 15) is 18.0 Å². The number of carbonyl (C=O) groups is 2. The van der Waals surface area contributed by atoms with Gasteiger partial charge in [0, 0.05) is 18.0 Å². The molecular weight excluding hydrogens is 451 g/mol. The minimum atomic E-state index is -4.79. The Morgan fingerprint density at radius 3 is 2.59 bits per heavy atom. The van der Waals surface area contributed by atoms with Crippen LogP contribution in [-0.2, 0) is 10.3 Å². The Morgan fingerprint density at radius 2 is 1.97 bits per heavy atom. The van der Waals surface area contributed by atoms with Crippen molar-refractivity contribution in [3.05, 3.63) is 70.4 Å². The number of carbonyl (C=O) groups excluding carboxylic acids is 1. The van der Waals surface area contributed by atoms with Gasteiger partial charge < -0.3 is 19.9 Å². The number of carboxylic acid groups (broad SMARTS) is 1. The van der Waals surface area contributed by atoms with Gasteiger partial charge in [0.15, 0.2) is 0 Å². The number of hydrogen-bond donors (Lipinski definition) is 2. The van der Waals surface area contributed by atoms with Gasteiger partial charge in [-0.3, -0.25) is 14.6 Å². The summed E-state index contributed by atoms with van der Waals surface area (Å²) < 4.78 is 47.1. The largest absolute Gasteiger partial charge is 0.573 e. The van der Waals surface area contributed by atoms with Crippen molar-refractivity contribution in [1.82, 2.24) is 15.3 Å². The molecule has 3 aromatic rings.